The molecular weight excluding hydrogens is 284 g/mol. The lowest BCUT2D eigenvalue weighted by Crippen LogP contribution is -2.49. The molecule has 21 heavy (non-hydrogen) atoms. The monoisotopic (exact) mass is 308 g/mol. The van der Waals surface area contributed by atoms with Crippen LogP contribution in [-0.2, 0) is 4.79 Å². The van der Waals surface area contributed by atoms with Crippen molar-refractivity contribution in [2.24, 2.45) is 0 Å². The standard InChI is InChI=1S/C16H24N2O2S/c1-21-12-7-16(20)18-10-8-17(9-11-18)13-15(19)14-5-3-2-4-6-14/h2-6,15,19H,7-13H2,1H3/t15-/m0/s1. The first-order chi connectivity index (χ1) is 10.2. The van der Waals surface area contributed by atoms with Crippen molar-refractivity contribution >= 4 is 17.7 Å². The Balaban J connectivity index is 1.75. The fourth-order valence-corrected chi connectivity index (χ4v) is 2.93. The molecule has 1 aromatic rings. The Morgan fingerprint density at radius 3 is 2.52 bits per heavy atom. The summed E-state index contributed by atoms with van der Waals surface area (Å²) in [4.78, 5) is 16.1. The average molecular weight is 308 g/mol. The van der Waals surface area contributed by atoms with Crippen molar-refractivity contribution in [2.75, 3.05) is 44.7 Å². The van der Waals surface area contributed by atoms with Gasteiger partial charge in [0.15, 0.2) is 0 Å². The van der Waals surface area contributed by atoms with Gasteiger partial charge in [-0.3, -0.25) is 9.69 Å². The number of nitrogens with zero attached hydrogens (tertiary/aromatic N) is 2. The molecule has 1 aliphatic heterocycles. The highest BCUT2D eigenvalue weighted by atomic mass is 32.2. The van der Waals surface area contributed by atoms with E-state index in [2.05, 4.69) is 4.90 Å². The summed E-state index contributed by atoms with van der Waals surface area (Å²) in [6, 6.07) is 9.75. The van der Waals surface area contributed by atoms with E-state index in [9.17, 15) is 9.90 Å². The number of β-amino-alcohol motifs (C(OH)–C–C–N with tert-alkyl or cyclic N) is 1. The van der Waals surface area contributed by atoms with Gasteiger partial charge in [-0.2, -0.15) is 11.8 Å². The number of carbonyl (C=O) groups is 1. The second-order valence-electron chi connectivity index (χ2n) is 5.35. The lowest BCUT2D eigenvalue weighted by atomic mass is 10.1. The first kappa shape index (κ1) is 16.3. The third-order valence-corrected chi connectivity index (χ3v) is 4.47. The van der Waals surface area contributed by atoms with E-state index >= 15 is 0 Å². The van der Waals surface area contributed by atoms with Crippen LogP contribution >= 0.6 is 11.8 Å². The van der Waals surface area contributed by atoms with E-state index in [0.717, 1.165) is 37.5 Å². The Kier molecular flexibility index (Phi) is 6.54. The van der Waals surface area contributed by atoms with Gasteiger partial charge in [-0.1, -0.05) is 30.3 Å². The molecular formula is C16H24N2O2S. The Morgan fingerprint density at radius 2 is 1.90 bits per heavy atom. The molecule has 1 aliphatic rings. The van der Waals surface area contributed by atoms with Crippen LogP contribution in [0.5, 0.6) is 0 Å². The predicted molar refractivity (Wildman–Crippen MR) is 87.4 cm³/mol. The lowest BCUT2D eigenvalue weighted by Gasteiger charge is -2.35. The SMILES string of the molecule is CSCCC(=O)N1CCN(C[C@H](O)c2ccccc2)CC1. The molecule has 1 fully saturated rings. The summed E-state index contributed by atoms with van der Waals surface area (Å²) in [5.41, 5.74) is 0.955. The van der Waals surface area contributed by atoms with Crippen molar-refractivity contribution < 1.29 is 9.90 Å². The molecule has 0 saturated carbocycles. The number of benzene rings is 1. The highest BCUT2D eigenvalue weighted by Crippen LogP contribution is 2.15. The summed E-state index contributed by atoms with van der Waals surface area (Å²) < 4.78 is 0. The number of rotatable bonds is 6. The van der Waals surface area contributed by atoms with E-state index in [4.69, 9.17) is 0 Å². The second-order valence-corrected chi connectivity index (χ2v) is 6.34. The summed E-state index contributed by atoms with van der Waals surface area (Å²) >= 11 is 1.71. The number of aliphatic hydroxyl groups is 1. The van der Waals surface area contributed by atoms with Crippen molar-refractivity contribution in [2.45, 2.75) is 12.5 Å². The normalized spacial score (nSPS) is 17.7. The molecule has 2 rings (SSSR count). The van der Waals surface area contributed by atoms with Crippen molar-refractivity contribution in [3.63, 3.8) is 0 Å². The van der Waals surface area contributed by atoms with E-state index in [1.807, 2.05) is 41.5 Å². The maximum absolute atomic E-state index is 12.0. The van der Waals surface area contributed by atoms with E-state index in [1.54, 1.807) is 11.8 Å². The molecule has 0 spiro atoms. The van der Waals surface area contributed by atoms with Gasteiger partial charge in [0.25, 0.3) is 0 Å². The molecule has 4 nitrogen and oxygen atoms in total. The Bertz CT molecular complexity index is 433. The molecule has 1 N–H and O–H groups in total. The molecule has 1 aromatic carbocycles. The molecule has 0 bridgehead atoms. The fourth-order valence-electron chi connectivity index (χ4n) is 2.55. The van der Waals surface area contributed by atoms with Crippen molar-refractivity contribution in [1.82, 2.24) is 9.80 Å². The Morgan fingerprint density at radius 1 is 1.24 bits per heavy atom. The summed E-state index contributed by atoms with van der Waals surface area (Å²) in [5, 5.41) is 10.2. The van der Waals surface area contributed by atoms with Crippen LogP contribution in [0, 0.1) is 0 Å². The molecule has 1 saturated heterocycles. The molecule has 5 heteroatoms. The molecule has 0 radical (unpaired) electrons. The zero-order valence-electron chi connectivity index (χ0n) is 12.6. The number of hydrogen-bond donors (Lipinski definition) is 1. The number of carbonyl (C=O) groups excluding carboxylic acids is 1. The minimum atomic E-state index is -0.454. The second kappa shape index (κ2) is 8.41. The van der Waals surface area contributed by atoms with Gasteiger partial charge in [-0.25, -0.2) is 0 Å². The van der Waals surface area contributed by atoms with Gasteiger partial charge >= 0.3 is 0 Å². The zero-order valence-corrected chi connectivity index (χ0v) is 13.4. The maximum atomic E-state index is 12.0. The summed E-state index contributed by atoms with van der Waals surface area (Å²) in [6.45, 7) is 3.87. The number of hydrogen-bond acceptors (Lipinski definition) is 4. The van der Waals surface area contributed by atoms with Crippen molar-refractivity contribution in [3.8, 4) is 0 Å². The van der Waals surface area contributed by atoms with Crippen LogP contribution < -0.4 is 0 Å². The van der Waals surface area contributed by atoms with Crippen LogP contribution in [0.1, 0.15) is 18.1 Å². The van der Waals surface area contributed by atoms with E-state index in [0.29, 0.717) is 13.0 Å². The number of thioether (sulfide) groups is 1. The quantitative estimate of drug-likeness (QED) is 0.867. The van der Waals surface area contributed by atoms with Crippen molar-refractivity contribution in [3.05, 3.63) is 35.9 Å². The van der Waals surface area contributed by atoms with Gasteiger partial charge in [0.05, 0.1) is 6.10 Å². The molecule has 0 aromatic heterocycles. The van der Waals surface area contributed by atoms with E-state index in [1.165, 1.54) is 0 Å². The largest absolute Gasteiger partial charge is 0.387 e. The van der Waals surface area contributed by atoms with Gasteiger partial charge in [-0.05, 0) is 11.8 Å². The smallest absolute Gasteiger partial charge is 0.223 e. The summed E-state index contributed by atoms with van der Waals surface area (Å²) in [5.74, 6) is 1.15. The van der Waals surface area contributed by atoms with Gasteiger partial charge in [0.2, 0.25) is 5.91 Å². The van der Waals surface area contributed by atoms with Gasteiger partial charge < -0.3 is 10.0 Å². The van der Waals surface area contributed by atoms with Crippen LogP contribution in [-0.4, -0.2) is 65.5 Å². The van der Waals surface area contributed by atoms with Crippen LogP contribution in [0.15, 0.2) is 30.3 Å². The highest BCUT2D eigenvalue weighted by Gasteiger charge is 2.22. The zero-order chi connectivity index (χ0) is 15.1. The molecule has 116 valence electrons. The number of aliphatic hydroxyl groups excluding tert-OH is 1. The van der Waals surface area contributed by atoms with Gasteiger partial charge in [0, 0.05) is 44.9 Å². The first-order valence-corrected chi connectivity index (χ1v) is 8.82. The van der Waals surface area contributed by atoms with E-state index in [-0.39, 0.29) is 5.91 Å². The number of piperazine rings is 1. The fraction of sp³-hybridized carbons (Fsp3) is 0.562. The third kappa shape index (κ3) is 5.02. The highest BCUT2D eigenvalue weighted by molar-refractivity contribution is 7.98. The number of amides is 1. The molecule has 0 aliphatic carbocycles. The summed E-state index contributed by atoms with van der Waals surface area (Å²) in [6.07, 6.45) is 2.20. The van der Waals surface area contributed by atoms with Crippen LogP contribution in [0.25, 0.3) is 0 Å². The third-order valence-electron chi connectivity index (χ3n) is 3.86. The van der Waals surface area contributed by atoms with Crippen LogP contribution in [0.4, 0.5) is 0 Å². The summed E-state index contributed by atoms with van der Waals surface area (Å²) in [7, 11) is 0. The molecule has 1 heterocycles. The Hall–Kier alpha value is -1.04. The first-order valence-electron chi connectivity index (χ1n) is 7.43. The molecule has 1 atom stereocenters. The topological polar surface area (TPSA) is 43.8 Å². The minimum Gasteiger partial charge on any atom is -0.387 e. The average Bonchev–Trinajstić information content (AvgIpc) is 2.54. The minimum absolute atomic E-state index is 0.257. The van der Waals surface area contributed by atoms with Gasteiger partial charge in [0.1, 0.15) is 0 Å². The lowest BCUT2D eigenvalue weighted by molar-refractivity contribution is -0.132. The van der Waals surface area contributed by atoms with Crippen LogP contribution in [0.3, 0.4) is 0 Å². The molecule has 0 unspecified atom stereocenters. The predicted octanol–water partition coefficient (Wildman–Crippen LogP) is 1.62. The maximum Gasteiger partial charge on any atom is 0.223 e. The van der Waals surface area contributed by atoms with E-state index < -0.39 is 6.10 Å². The Labute approximate surface area is 131 Å². The van der Waals surface area contributed by atoms with Crippen molar-refractivity contribution in [1.29, 1.82) is 0 Å². The molecule has 1 amide bonds. The van der Waals surface area contributed by atoms with Crippen LogP contribution in [0.2, 0.25) is 0 Å². The van der Waals surface area contributed by atoms with Gasteiger partial charge in [-0.15, -0.1) is 0 Å².